The van der Waals surface area contributed by atoms with E-state index in [0.717, 1.165) is 0 Å². The van der Waals surface area contributed by atoms with Crippen LogP contribution < -0.4 is 0 Å². The van der Waals surface area contributed by atoms with Gasteiger partial charge in [-0.25, -0.2) is 4.79 Å². The SMILES string of the molecule is C=C(C)C(=O)OC12CC3CC(C1)CC(C(=O)OCC(C(F)(F)F)C(F)(F)C(F)(F)F)(C3)C2. The number of hydrogen-bond donors (Lipinski definition) is 0. The second-order valence-corrected chi connectivity index (χ2v) is 9.41. The fraction of sp³-hybridized carbons (Fsp3) is 0.800. The van der Waals surface area contributed by atoms with E-state index in [0.29, 0.717) is 19.3 Å². The first-order valence-corrected chi connectivity index (χ1v) is 9.98. The van der Waals surface area contributed by atoms with Crippen molar-refractivity contribution in [3.63, 3.8) is 0 Å². The number of carbonyl (C=O) groups is 2. The van der Waals surface area contributed by atoms with E-state index < -0.39 is 53.8 Å². The molecule has 3 unspecified atom stereocenters. The van der Waals surface area contributed by atoms with E-state index in [-0.39, 0.29) is 36.7 Å². The van der Waals surface area contributed by atoms with E-state index in [1.807, 2.05) is 0 Å². The minimum absolute atomic E-state index is 0.0861. The molecule has 4 aliphatic rings. The smallest absolute Gasteiger partial charge is 0.454 e. The van der Waals surface area contributed by atoms with Crippen molar-refractivity contribution in [3.05, 3.63) is 12.2 Å². The number of hydrogen-bond acceptors (Lipinski definition) is 4. The van der Waals surface area contributed by atoms with E-state index in [4.69, 9.17) is 4.74 Å². The number of rotatable bonds is 6. The van der Waals surface area contributed by atoms with Crippen LogP contribution in [0.1, 0.15) is 45.4 Å². The van der Waals surface area contributed by atoms with Crippen LogP contribution in [-0.4, -0.2) is 42.4 Å². The maximum atomic E-state index is 13.5. The summed E-state index contributed by atoms with van der Waals surface area (Å²) in [5, 5.41) is 0. The van der Waals surface area contributed by atoms with Crippen LogP contribution in [0.4, 0.5) is 35.1 Å². The van der Waals surface area contributed by atoms with Crippen LogP contribution in [0.5, 0.6) is 0 Å². The lowest BCUT2D eigenvalue weighted by atomic mass is 9.48. The van der Waals surface area contributed by atoms with Gasteiger partial charge in [-0.05, 0) is 50.9 Å². The molecule has 0 amide bonds. The van der Waals surface area contributed by atoms with Gasteiger partial charge >= 0.3 is 30.2 Å². The third-order valence-electron chi connectivity index (χ3n) is 6.69. The molecule has 3 atom stereocenters. The predicted octanol–water partition coefficient (Wildman–Crippen LogP) is 5.36. The van der Waals surface area contributed by atoms with Crippen LogP contribution >= 0.6 is 0 Å². The maximum Gasteiger partial charge on any atom is 0.454 e. The molecule has 0 aromatic heterocycles. The Labute approximate surface area is 178 Å². The van der Waals surface area contributed by atoms with E-state index in [1.165, 1.54) is 6.92 Å². The molecule has 4 nitrogen and oxygen atoms in total. The molecule has 0 radical (unpaired) electrons. The second-order valence-electron chi connectivity index (χ2n) is 9.41. The summed E-state index contributed by atoms with van der Waals surface area (Å²) in [5.41, 5.74) is -2.36. The van der Waals surface area contributed by atoms with E-state index in [1.54, 1.807) is 0 Å². The zero-order valence-corrected chi connectivity index (χ0v) is 17.0. The number of esters is 2. The Kier molecular flexibility index (Phi) is 5.86. The van der Waals surface area contributed by atoms with Crippen molar-refractivity contribution in [2.75, 3.05) is 6.61 Å². The summed E-state index contributed by atoms with van der Waals surface area (Å²) < 4.78 is 114. The van der Waals surface area contributed by atoms with Gasteiger partial charge < -0.3 is 9.47 Å². The van der Waals surface area contributed by atoms with Crippen molar-refractivity contribution in [1.29, 1.82) is 0 Å². The van der Waals surface area contributed by atoms with Gasteiger partial charge in [-0.3, -0.25) is 4.79 Å². The monoisotopic (exact) mass is 478 g/mol. The first kappa shape index (κ1) is 24.8. The highest BCUT2D eigenvalue weighted by atomic mass is 19.4. The third kappa shape index (κ3) is 4.33. The van der Waals surface area contributed by atoms with E-state index in [2.05, 4.69) is 11.3 Å². The highest BCUT2D eigenvalue weighted by Gasteiger charge is 2.70. The quantitative estimate of drug-likeness (QED) is 0.293. The summed E-state index contributed by atoms with van der Waals surface area (Å²) in [5.74, 6) is -12.6. The van der Waals surface area contributed by atoms with Gasteiger partial charge in [0, 0.05) is 12.0 Å². The fourth-order valence-corrected chi connectivity index (χ4v) is 5.73. The lowest BCUT2D eigenvalue weighted by Gasteiger charge is -2.59. The molecule has 4 bridgehead atoms. The van der Waals surface area contributed by atoms with Crippen molar-refractivity contribution in [1.82, 2.24) is 0 Å². The van der Waals surface area contributed by atoms with Crippen LogP contribution in [0.25, 0.3) is 0 Å². The molecule has 4 fully saturated rings. The summed E-state index contributed by atoms with van der Waals surface area (Å²) in [7, 11) is 0. The molecule has 0 aromatic carbocycles. The Morgan fingerprint density at radius 1 is 1.00 bits per heavy atom. The molecule has 4 saturated carbocycles. The van der Waals surface area contributed by atoms with Crippen LogP contribution in [0.3, 0.4) is 0 Å². The van der Waals surface area contributed by atoms with Crippen LogP contribution in [0, 0.1) is 23.2 Å². The molecule has 32 heavy (non-hydrogen) atoms. The molecular weight excluding hydrogens is 456 g/mol. The molecule has 0 saturated heterocycles. The van der Waals surface area contributed by atoms with Crippen molar-refractivity contribution in [2.24, 2.45) is 23.2 Å². The predicted molar refractivity (Wildman–Crippen MR) is 92.3 cm³/mol. The van der Waals surface area contributed by atoms with E-state index in [9.17, 15) is 44.7 Å². The van der Waals surface area contributed by atoms with Gasteiger partial charge in [0.05, 0.1) is 5.41 Å². The minimum Gasteiger partial charge on any atom is -0.464 e. The van der Waals surface area contributed by atoms with Gasteiger partial charge in [0.2, 0.25) is 0 Å². The Morgan fingerprint density at radius 3 is 1.97 bits per heavy atom. The highest BCUT2D eigenvalue weighted by Crippen LogP contribution is 2.63. The number of halogens is 8. The molecule has 182 valence electrons. The first-order chi connectivity index (χ1) is 14.4. The minimum atomic E-state index is -6.47. The molecule has 0 aromatic rings. The molecule has 0 N–H and O–H groups in total. The maximum absolute atomic E-state index is 13.5. The lowest BCUT2D eigenvalue weighted by Crippen LogP contribution is -2.60. The lowest BCUT2D eigenvalue weighted by molar-refractivity contribution is -0.350. The summed E-state index contributed by atoms with van der Waals surface area (Å²) in [6, 6.07) is 0. The van der Waals surface area contributed by atoms with Crippen LogP contribution in [-0.2, 0) is 19.1 Å². The Bertz CT molecular complexity index is 786. The molecule has 0 spiro atoms. The largest absolute Gasteiger partial charge is 0.464 e. The highest BCUT2D eigenvalue weighted by molar-refractivity contribution is 5.87. The van der Waals surface area contributed by atoms with E-state index >= 15 is 0 Å². The average molecular weight is 478 g/mol. The molecule has 0 heterocycles. The average Bonchev–Trinajstić information content (AvgIpc) is 2.57. The van der Waals surface area contributed by atoms with Gasteiger partial charge in [-0.1, -0.05) is 6.58 Å². The second kappa shape index (κ2) is 7.58. The molecule has 4 rings (SSSR count). The van der Waals surface area contributed by atoms with Gasteiger partial charge in [-0.2, -0.15) is 35.1 Å². The Morgan fingerprint density at radius 2 is 1.53 bits per heavy atom. The van der Waals surface area contributed by atoms with Crippen LogP contribution in [0.2, 0.25) is 0 Å². The number of carbonyl (C=O) groups excluding carboxylic acids is 2. The van der Waals surface area contributed by atoms with Gasteiger partial charge in [0.15, 0.2) is 5.92 Å². The van der Waals surface area contributed by atoms with Gasteiger partial charge in [0.1, 0.15) is 12.2 Å². The Balaban J connectivity index is 1.80. The summed E-state index contributed by atoms with van der Waals surface area (Å²) >= 11 is 0. The zero-order chi connectivity index (χ0) is 24.3. The summed E-state index contributed by atoms with van der Waals surface area (Å²) in [4.78, 5) is 24.9. The summed E-state index contributed by atoms with van der Waals surface area (Å²) in [6.45, 7) is 2.74. The molecular formula is C20H22F8O4. The third-order valence-corrected chi connectivity index (χ3v) is 6.69. The van der Waals surface area contributed by atoms with Crippen molar-refractivity contribution in [2.45, 2.75) is 69.3 Å². The van der Waals surface area contributed by atoms with Crippen molar-refractivity contribution < 1.29 is 54.2 Å². The number of alkyl halides is 8. The summed E-state index contributed by atoms with van der Waals surface area (Å²) in [6.07, 6.45) is -10.6. The van der Waals surface area contributed by atoms with Gasteiger partial charge in [0.25, 0.3) is 0 Å². The molecule has 12 heteroatoms. The number of ether oxygens (including phenoxy) is 2. The normalized spacial score (nSPS) is 33.0. The zero-order valence-electron chi connectivity index (χ0n) is 17.0. The molecule has 4 aliphatic carbocycles. The van der Waals surface area contributed by atoms with Gasteiger partial charge in [-0.15, -0.1) is 0 Å². The fourth-order valence-electron chi connectivity index (χ4n) is 5.73. The Hall–Kier alpha value is -1.88. The van der Waals surface area contributed by atoms with Crippen molar-refractivity contribution >= 4 is 11.9 Å². The standard InChI is InChI=1S/C20H22F8O4/c1-10(2)14(29)32-17-6-11-3-12(7-17)5-16(4-11,9-17)15(30)31-8-13(19(23,24)25)18(21,22)20(26,27)28/h11-13H,1,3-9H2,2H3. The molecule has 0 aliphatic heterocycles. The van der Waals surface area contributed by atoms with Crippen LogP contribution in [0.15, 0.2) is 12.2 Å². The van der Waals surface area contributed by atoms with Crippen molar-refractivity contribution in [3.8, 4) is 0 Å². The first-order valence-electron chi connectivity index (χ1n) is 9.98. The topological polar surface area (TPSA) is 52.6 Å².